The maximum atomic E-state index is 11.9. The van der Waals surface area contributed by atoms with Crippen LogP contribution in [0.2, 0.25) is 0 Å². The molecular weight excluding hydrogens is 143 g/mol. The van der Waals surface area contributed by atoms with Crippen molar-refractivity contribution in [2.24, 2.45) is 11.7 Å². The molecule has 4 heteroatoms. The van der Waals surface area contributed by atoms with E-state index in [4.69, 9.17) is 5.73 Å². The molecular formula is C6H10F3N. The molecule has 0 amide bonds. The van der Waals surface area contributed by atoms with Crippen LogP contribution in [0, 0.1) is 5.92 Å². The van der Waals surface area contributed by atoms with Crippen molar-refractivity contribution in [1.82, 2.24) is 0 Å². The Morgan fingerprint density at radius 1 is 1.20 bits per heavy atom. The zero-order valence-electron chi connectivity index (χ0n) is 5.49. The molecule has 0 aromatic heterocycles. The molecule has 1 aliphatic rings. The van der Waals surface area contributed by atoms with E-state index >= 15 is 0 Å². The number of alkyl halides is 3. The minimum absolute atomic E-state index is 0.213. The van der Waals surface area contributed by atoms with E-state index in [0.717, 1.165) is 0 Å². The fourth-order valence-corrected chi connectivity index (χ4v) is 1.40. The highest BCUT2D eigenvalue weighted by atomic mass is 19.4. The monoisotopic (exact) mass is 153 g/mol. The van der Waals surface area contributed by atoms with E-state index in [9.17, 15) is 13.2 Å². The number of halogens is 3. The summed E-state index contributed by atoms with van der Waals surface area (Å²) in [6, 6.07) is -0.653. The summed E-state index contributed by atoms with van der Waals surface area (Å²) < 4.78 is 35.8. The number of hydrogen-bond donors (Lipinski definition) is 1. The van der Waals surface area contributed by atoms with Crippen LogP contribution in [0.15, 0.2) is 0 Å². The second kappa shape index (κ2) is 2.42. The van der Waals surface area contributed by atoms with Crippen molar-refractivity contribution in [1.29, 1.82) is 0 Å². The molecule has 0 aromatic rings. The van der Waals surface area contributed by atoms with E-state index in [0.29, 0.717) is 12.8 Å². The Labute approximate surface area is 57.4 Å². The van der Waals surface area contributed by atoms with Gasteiger partial charge in [-0.3, -0.25) is 0 Å². The van der Waals surface area contributed by atoms with Crippen molar-refractivity contribution in [3.8, 4) is 0 Å². The van der Waals surface area contributed by atoms with Crippen molar-refractivity contribution < 1.29 is 13.2 Å². The molecule has 1 rings (SSSR count). The molecule has 0 aliphatic heterocycles. The first-order valence-electron chi connectivity index (χ1n) is 3.34. The van der Waals surface area contributed by atoms with Gasteiger partial charge in [0.2, 0.25) is 0 Å². The highest BCUT2D eigenvalue weighted by Gasteiger charge is 2.45. The maximum Gasteiger partial charge on any atom is 0.393 e. The Hall–Kier alpha value is -0.250. The van der Waals surface area contributed by atoms with Crippen LogP contribution < -0.4 is 5.73 Å². The number of rotatable bonds is 0. The van der Waals surface area contributed by atoms with Gasteiger partial charge in [-0.2, -0.15) is 13.2 Å². The molecule has 0 aromatic carbocycles. The minimum Gasteiger partial charge on any atom is -0.327 e. The molecule has 0 bridgehead atoms. The lowest BCUT2D eigenvalue weighted by atomic mass is 10.0. The van der Waals surface area contributed by atoms with Crippen molar-refractivity contribution in [3.05, 3.63) is 0 Å². The third kappa shape index (κ3) is 1.42. The number of nitrogens with two attached hydrogens (primary N) is 1. The third-order valence-corrected chi connectivity index (χ3v) is 1.99. The summed E-state index contributed by atoms with van der Waals surface area (Å²) in [4.78, 5) is 0. The van der Waals surface area contributed by atoms with E-state index in [1.165, 1.54) is 0 Å². The van der Waals surface area contributed by atoms with Gasteiger partial charge < -0.3 is 5.73 Å². The highest BCUT2D eigenvalue weighted by molar-refractivity contribution is 4.84. The molecule has 0 spiro atoms. The van der Waals surface area contributed by atoms with Crippen LogP contribution in [-0.2, 0) is 0 Å². The van der Waals surface area contributed by atoms with E-state index in [-0.39, 0.29) is 6.42 Å². The van der Waals surface area contributed by atoms with Gasteiger partial charge in [-0.05, 0) is 12.8 Å². The van der Waals surface area contributed by atoms with E-state index in [1.54, 1.807) is 0 Å². The Kier molecular flexibility index (Phi) is 1.90. The summed E-state index contributed by atoms with van der Waals surface area (Å²) in [7, 11) is 0. The zero-order chi connectivity index (χ0) is 7.78. The first kappa shape index (κ1) is 7.85. The highest BCUT2D eigenvalue weighted by Crippen LogP contribution is 2.37. The average Bonchev–Trinajstić information content (AvgIpc) is 2.11. The van der Waals surface area contributed by atoms with Gasteiger partial charge in [0.25, 0.3) is 0 Å². The number of hydrogen-bond acceptors (Lipinski definition) is 1. The van der Waals surface area contributed by atoms with Crippen molar-refractivity contribution in [2.45, 2.75) is 31.5 Å². The standard InChI is InChI=1S/C6H10F3N/c7-6(8,9)4-2-1-3-5(4)10/h4-5H,1-3,10H2/t4-,5-/m0/s1. The Morgan fingerprint density at radius 2 is 1.80 bits per heavy atom. The van der Waals surface area contributed by atoms with Crippen molar-refractivity contribution >= 4 is 0 Å². The molecule has 0 unspecified atom stereocenters. The Bertz CT molecular complexity index is 121. The molecule has 0 saturated heterocycles. The molecule has 10 heavy (non-hydrogen) atoms. The third-order valence-electron chi connectivity index (χ3n) is 1.99. The summed E-state index contributed by atoms with van der Waals surface area (Å²) >= 11 is 0. The fraction of sp³-hybridized carbons (Fsp3) is 1.00. The lowest BCUT2D eigenvalue weighted by molar-refractivity contribution is -0.175. The normalized spacial score (nSPS) is 34.8. The molecule has 1 aliphatic carbocycles. The molecule has 1 saturated carbocycles. The average molecular weight is 153 g/mol. The largest absolute Gasteiger partial charge is 0.393 e. The maximum absolute atomic E-state index is 11.9. The molecule has 1 nitrogen and oxygen atoms in total. The molecule has 0 heterocycles. The molecule has 0 radical (unpaired) electrons. The van der Waals surface area contributed by atoms with Gasteiger partial charge in [0, 0.05) is 6.04 Å². The minimum atomic E-state index is -4.07. The van der Waals surface area contributed by atoms with E-state index in [2.05, 4.69) is 0 Å². The summed E-state index contributed by atoms with van der Waals surface area (Å²) in [6.07, 6.45) is -2.73. The first-order valence-corrected chi connectivity index (χ1v) is 3.34. The Balaban J connectivity index is 2.55. The van der Waals surface area contributed by atoms with Crippen molar-refractivity contribution in [2.75, 3.05) is 0 Å². The van der Waals surface area contributed by atoms with Crippen LogP contribution in [0.3, 0.4) is 0 Å². The second-order valence-electron chi connectivity index (χ2n) is 2.74. The molecule has 2 N–H and O–H groups in total. The van der Waals surface area contributed by atoms with Gasteiger partial charge in [0.15, 0.2) is 0 Å². The van der Waals surface area contributed by atoms with Gasteiger partial charge in [-0.25, -0.2) is 0 Å². The first-order chi connectivity index (χ1) is 4.52. The summed E-state index contributed by atoms with van der Waals surface area (Å²) in [6.45, 7) is 0. The van der Waals surface area contributed by atoms with Crippen LogP contribution >= 0.6 is 0 Å². The molecule has 1 fully saturated rings. The predicted molar refractivity (Wildman–Crippen MR) is 31.4 cm³/mol. The SMILES string of the molecule is N[C@H]1CCC[C@@H]1C(F)(F)F. The van der Waals surface area contributed by atoms with Crippen LogP contribution in [0.25, 0.3) is 0 Å². The summed E-state index contributed by atoms with van der Waals surface area (Å²) in [5, 5.41) is 0. The Morgan fingerprint density at radius 3 is 2.00 bits per heavy atom. The fourth-order valence-electron chi connectivity index (χ4n) is 1.40. The smallest absolute Gasteiger partial charge is 0.327 e. The van der Waals surface area contributed by atoms with Gasteiger partial charge in [-0.1, -0.05) is 6.42 Å². The van der Waals surface area contributed by atoms with Crippen LogP contribution in [0.5, 0.6) is 0 Å². The topological polar surface area (TPSA) is 26.0 Å². The lowest BCUT2D eigenvalue weighted by Gasteiger charge is -2.18. The lowest BCUT2D eigenvalue weighted by Crippen LogP contribution is -2.35. The molecule has 2 atom stereocenters. The van der Waals surface area contributed by atoms with Gasteiger partial charge in [-0.15, -0.1) is 0 Å². The zero-order valence-corrected chi connectivity index (χ0v) is 5.49. The predicted octanol–water partition coefficient (Wildman–Crippen LogP) is 1.68. The van der Waals surface area contributed by atoms with Crippen LogP contribution in [-0.4, -0.2) is 12.2 Å². The summed E-state index contributed by atoms with van der Waals surface area (Å²) in [5.74, 6) is -1.24. The van der Waals surface area contributed by atoms with Crippen molar-refractivity contribution in [3.63, 3.8) is 0 Å². The quantitative estimate of drug-likeness (QED) is 0.563. The van der Waals surface area contributed by atoms with Gasteiger partial charge >= 0.3 is 6.18 Å². The molecule has 60 valence electrons. The van der Waals surface area contributed by atoms with Crippen LogP contribution in [0.4, 0.5) is 13.2 Å². The van der Waals surface area contributed by atoms with Gasteiger partial charge in [0.1, 0.15) is 0 Å². The summed E-state index contributed by atoms with van der Waals surface area (Å²) in [5.41, 5.74) is 5.25. The van der Waals surface area contributed by atoms with E-state index in [1.807, 2.05) is 0 Å². The van der Waals surface area contributed by atoms with Crippen LogP contribution in [0.1, 0.15) is 19.3 Å². The van der Waals surface area contributed by atoms with E-state index < -0.39 is 18.1 Å². The second-order valence-corrected chi connectivity index (χ2v) is 2.74. The van der Waals surface area contributed by atoms with Gasteiger partial charge in [0.05, 0.1) is 5.92 Å².